The van der Waals surface area contributed by atoms with Crippen LogP contribution >= 0.6 is 0 Å². The average Bonchev–Trinajstić information content (AvgIpc) is 2.72. The van der Waals surface area contributed by atoms with Crippen LogP contribution in [-0.2, 0) is 11.2 Å². The van der Waals surface area contributed by atoms with E-state index in [0.717, 1.165) is 13.0 Å². The molecule has 0 saturated carbocycles. The lowest BCUT2D eigenvalue weighted by atomic mass is 10.2. The Bertz CT molecular complexity index is 342. The molecule has 1 aliphatic heterocycles. The van der Waals surface area contributed by atoms with Crippen molar-refractivity contribution in [3.63, 3.8) is 0 Å². The van der Waals surface area contributed by atoms with Crippen molar-refractivity contribution in [1.82, 2.24) is 16.0 Å². The smallest absolute Gasteiger partial charge is 0.425 e. The van der Waals surface area contributed by atoms with Crippen LogP contribution < -0.4 is 11.0 Å². The SMILES string of the molecule is O=C1OCCN1NNCCc1ccccc1. The first-order chi connectivity index (χ1) is 7.86. The fourth-order valence-electron chi connectivity index (χ4n) is 1.50. The van der Waals surface area contributed by atoms with Crippen LogP contribution in [0.15, 0.2) is 30.3 Å². The number of amides is 1. The largest absolute Gasteiger partial charge is 0.446 e. The molecule has 0 spiro atoms. The predicted molar refractivity (Wildman–Crippen MR) is 59.3 cm³/mol. The number of hydrogen-bond donors (Lipinski definition) is 2. The fourth-order valence-corrected chi connectivity index (χ4v) is 1.50. The van der Waals surface area contributed by atoms with Crippen LogP contribution in [0.4, 0.5) is 4.79 Å². The van der Waals surface area contributed by atoms with E-state index in [0.29, 0.717) is 13.2 Å². The molecule has 0 atom stereocenters. The molecule has 1 aliphatic rings. The lowest BCUT2D eigenvalue weighted by Crippen LogP contribution is -2.48. The summed E-state index contributed by atoms with van der Waals surface area (Å²) in [6, 6.07) is 10.2. The monoisotopic (exact) mass is 221 g/mol. The topological polar surface area (TPSA) is 53.6 Å². The summed E-state index contributed by atoms with van der Waals surface area (Å²) in [5, 5.41) is 1.42. The van der Waals surface area contributed by atoms with Crippen molar-refractivity contribution in [2.75, 3.05) is 19.7 Å². The number of cyclic esters (lactones) is 1. The highest BCUT2D eigenvalue weighted by Gasteiger charge is 2.20. The molecule has 1 saturated heterocycles. The average molecular weight is 221 g/mol. The highest BCUT2D eigenvalue weighted by atomic mass is 16.6. The first kappa shape index (κ1) is 10.9. The summed E-state index contributed by atoms with van der Waals surface area (Å²) >= 11 is 0. The van der Waals surface area contributed by atoms with Crippen molar-refractivity contribution in [1.29, 1.82) is 0 Å². The van der Waals surface area contributed by atoms with Gasteiger partial charge in [0, 0.05) is 6.54 Å². The van der Waals surface area contributed by atoms with Gasteiger partial charge in [-0.2, -0.15) is 5.53 Å². The maximum Gasteiger partial charge on any atom is 0.425 e. The van der Waals surface area contributed by atoms with Gasteiger partial charge in [0.25, 0.3) is 0 Å². The van der Waals surface area contributed by atoms with E-state index < -0.39 is 0 Å². The molecule has 0 bridgehead atoms. The highest BCUT2D eigenvalue weighted by molar-refractivity contribution is 5.68. The van der Waals surface area contributed by atoms with Crippen LogP contribution in [0, 0.1) is 0 Å². The molecule has 0 aromatic heterocycles. The molecule has 2 rings (SSSR count). The molecule has 5 heteroatoms. The van der Waals surface area contributed by atoms with E-state index in [1.807, 2.05) is 18.2 Å². The fraction of sp³-hybridized carbons (Fsp3) is 0.364. The first-order valence-electron chi connectivity index (χ1n) is 5.33. The van der Waals surface area contributed by atoms with E-state index in [1.54, 1.807) is 0 Å². The number of benzene rings is 1. The van der Waals surface area contributed by atoms with Gasteiger partial charge in [0.2, 0.25) is 0 Å². The van der Waals surface area contributed by atoms with E-state index in [2.05, 4.69) is 23.1 Å². The zero-order valence-electron chi connectivity index (χ0n) is 8.98. The summed E-state index contributed by atoms with van der Waals surface area (Å²) in [5.74, 6) is 0. The Hall–Kier alpha value is -1.59. The van der Waals surface area contributed by atoms with E-state index in [4.69, 9.17) is 4.74 Å². The zero-order chi connectivity index (χ0) is 11.2. The number of hydrogen-bond acceptors (Lipinski definition) is 4. The summed E-state index contributed by atoms with van der Waals surface area (Å²) in [6.07, 6.45) is 0.587. The highest BCUT2D eigenvalue weighted by Crippen LogP contribution is 1.99. The molecule has 0 aliphatic carbocycles. The molecule has 1 heterocycles. The third kappa shape index (κ3) is 2.95. The minimum Gasteiger partial charge on any atom is -0.446 e. The van der Waals surface area contributed by atoms with Crippen molar-refractivity contribution >= 4 is 6.09 Å². The standard InChI is InChI=1S/C11H15N3O2/c15-11-14(8-9-16-11)13-12-7-6-10-4-2-1-3-5-10/h1-5,12-13H,6-9H2. The van der Waals surface area contributed by atoms with Gasteiger partial charge in [-0.15, -0.1) is 0 Å². The van der Waals surface area contributed by atoms with Gasteiger partial charge in [0.15, 0.2) is 0 Å². The number of carbonyl (C=O) groups excluding carboxylic acids is 1. The van der Waals surface area contributed by atoms with Gasteiger partial charge < -0.3 is 4.74 Å². The maximum absolute atomic E-state index is 11.0. The molecule has 1 aromatic rings. The van der Waals surface area contributed by atoms with Gasteiger partial charge in [-0.3, -0.25) is 0 Å². The van der Waals surface area contributed by atoms with Crippen molar-refractivity contribution in [3.05, 3.63) is 35.9 Å². The number of hydrazine groups is 2. The normalized spacial score (nSPS) is 15.2. The number of nitrogens with zero attached hydrogens (tertiary/aromatic N) is 1. The molecule has 0 radical (unpaired) electrons. The second kappa shape index (κ2) is 5.48. The van der Waals surface area contributed by atoms with Crippen LogP contribution in [0.25, 0.3) is 0 Å². The molecule has 16 heavy (non-hydrogen) atoms. The maximum atomic E-state index is 11.0. The lowest BCUT2D eigenvalue weighted by Gasteiger charge is -2.14. The Morgan fingerprint density at radius 1 is 1.31 bits per heavy atom. The van der Waals surface area contributed by atoms with Crippen molar-refractivity contribution in [2.45, 2.75) is 6.42 Å². The predicted octanol–water partition coefficient (Wildman–Crippen LogP) is 0.690. The minimum atomic E-state index is -0.327. The summed E-state index contributed by atoms with van der Waals surface area (Å²) in [7, 11) is 0. The van der Waals surface area contributed by atoms with Gasteiger partial charge in [-0.05, 0) is 12.0 Å². The third-order valence-corrected chi connectivity index (χ3v) is 2.36. The Kier molecular flexibility index (Phi) is 3.74. The van der Waals surface area contributed by atoms with E-state index >= 15 is 0 Å². The van der Waals surface area contributed by atoms with Crippen LogP contribution in [0.3, 0.4) is 0 Å². The van der Waals surface area contributed by atoms with E-state index in [1.165, 1.54) is 10.6 Å². The Morgan fingerprint density at radius 3 is 2.81 bits per heavy atom. The van der Waals surface area contributed by atoms with Crippen molar-refractivity contribution < 1.29 is 9.53 Å². The number of nitrogens with one attached hydrogen (secondary N) is 2. The lowest BCUT2D eigenvalue weighted by molar-refractivity contribution is 0.137. The third-order valence-electron chi connectivity index (χ3n) is 2.36. The minimum absolute atomic E-state index is 0.327. The van der Waals surface area contributed by atoms with Gasteiger partial charge >= 0.3 is 6.09 Å². The molecule has 5 nitrogen and oxygen atoms in total. The molecular formula is C11H15N3O2. The number of rotatable bonds is 5. The second-order valence-corrected chi connectivity index (χ2v) is 3.54. The van der Waals surface area contributed by atoms with Crippen molar-refractivity contribution in [3.8, 4) is 0 Å². The molecule has 1 aromatic carbocycles. The molecule has 0 unspecified atom stereocenters. The Labute approximate surface area is 94.3 Å². The van der Waals surface area contributed by atoms with Gasteiger partial charge in [-0.25, -0.2) is 15.2 Å². The van der Waals surface area contributed by atoms with Crippen LogP contribution in [0.5, 0.6) is 0 Å². The van der Waals surface area contributed by atoms with E-state index in [-0.39, 0.29) is 6.09 Å². The summed E-state index contributed by atoms with van der Waals surface area (Å²) in [5.41, 5.74) is 7.06. The Balaban J connectivity index is 1.64. The number of ether oxygens (including phenoxy) is 1. The summed E-state index contributed by atoms with van der Waals surface area (Å²) < 4.78 is 4.77. The second-order valence-electron chi connectivity index (χ2n) is 3.54. The summed E-state index contributed by atoms with van der Waals surface area (Å²) in [4.78, 5) is 11.0. The zero-order valence-corrected chi connectivity index (χ0v) is 8.98. The van der Waals surface area contributed by atoms with Gasteiger partial charge in [-0.1, -0.05) is 30.3 Å². The van der Waals surface area contributed by atoms with Gasteiger partial charge in [0.05, 0.1) is 6.54 Å². The molecule has 1 amide bonds. The number of carbonyl (C=O) groups is 1. The molecular weight excluding hydrogens is 206 g/mol. The first-order valence-corrected chi connectivity index (χ1v) is 5.33. The van der Waals surface area contributed by atoms with Gasteiger partial charge in [0.1, 0.15) is 6.61 Å². The molecule has 86 valence electrons. The van der Waals surface area contributed by atoms with Crippen molar-refractivity contribution in [2.24, 2.45) is 0 Å². The Morgan fingerprint density at radius 2 is 2.12 bits per heavy atom. The summed E-state index contributed by atoms with van der Waals surface area (Å²) in [6.45, 7) is 1.79. The quantitative estimate of drug-likeness (QED) is 0.567. The van der Waals surface area contributed by atoms with E-state index in [9.17, 15) is 4.79 Å². The molecule has 2 N–H and O–H groups in total. The van der Waals surface area contributed by atoms with Crippen LogP contribution in [0.1, 0.15) is 5.56 Å². The molecule has 1 fully saturated rings. The van der Waals surface area contributed by atoms with Crippen LogP contribution in [0.2, 0.25) is 0 Å². The van der Waals surface area contributed by atoms with Crippen LogP contribution in [-0.4, -0.2) is 30.8 Å².